The highest BCUT2D eigenvalue weighted by molar-refractivity contribution is 7.19. The molecule has 2 rings (SSSR count). The van der Waals surface area contributed by atoms with E-state index in [-0.39, 0.29) is 16.1 Å². The molecule has 21 heavy (non-hydrogen) atoms. The van der Waals surface area contributed by atoms with E-state index in [4.69, 9.17) is 17.2 Å². The first-order valence-corrected chi connectivity index (χ1v) is 6.85. The van der Waals surface area contributed by atoms with Crippen LogP contribution in [0.2, 0.25) is 0 Å². The molecule has 8 heteroatoms. The van der Waals surface area contributed by atoms with E-state index < -0.39 is 11.8 Å². The normalized spacial score (nSPS) is 10.3. The van der Waals surface area contributed by atoms with Gasteiger partial charge in [-0.15, -0.1) is 11.3 Å². The van der Waals surface area contributed by atoms with Gasteiger partial charge in [0, 0.05) is 26.0 Å². The number of anilines is 2. The van der Waals surface area contributed by atoms with Crippen LogP contribution in [0.15, 0.2) is 24.5 Å². The van der Waals surface area contributed by atoms with Crippen molar-refractivity contribution < 1.29 is 9.59 Å². The molecular formula is C13H15N5O2S. The largest absolute Gasteiger partial charge is 0.397 e. The zero-order valence-electron chi connectivity index (χ0n) is 11.4. The van der Waals surface area contributed by atoms with E-state index in [0.29, 0.717) is 11.5 Å². The van der Waals surface area contributed by atoms with E-state index >= 15 is 0 Å². The van der Waals surface area contributed by atoms with E-state index in [9.17, 15) is 9.59 Å². The first-order valence-electron chi connectivity index (χ1n) is 6.03. The van der Waals surface area contributed by atoms with Crippen LogP contribution >= 0.6 is 11.3 Å². The summed E-state index contributed by atoms with van der Waals surface area (Å²) in [6.45, 7) is 0.492. The summed E-state index contributed by atoms with van der Waals surface area (Å²) in [7, 11) is 1.77. The minimum Gasteiger partial charge on any atom is -0.397 e. The van der Waals surface area contributed by atoms with Gasteiger partial charge in [0.2, 0.25) is 0 Å². The third-order valence-corrected chi connectivity index (χ3v) is 4.22. The van der Waals surface area contributed by atoms with Crippen molar-refractivity contribution in [1.82, 2.24) is 4.98 Å². The van der Waals surface area contributed by atoms with Crippen LogP contribution in [0.1, 0.15) is 25.6 Å². The van der Waals surface area contributed by atoms with Gasteiger partial charge in [-0.05, 0) is 11.6 Å². The molecule has 0 bridgehead atoms. The van der Waals surface area contributed by atoms with Crippen LogP contribution in [-0.2, 0) is 6.54 Å². The maximum absolute atomic E-state index is 11.6. The molecular weight excluding hydrogens is 290 g/mol. The van der Waals surface area contributed by atoms with E-state index in [1.54, 1.807) is 24.3 Å². The molecule has 2 amide bonds. The van der Waals surface area contributed by atoms with E-state index in [1.807, 2.05) is 12.1 Å². The van der Waals surface area contributed by atoms with Gasteiger partial charge in [-0.2, -0.15) is 0 Å². The molecule has 0 fully saturated rings. The van der Waals surface area contributed by atoms with E-state index in [0.717, 1.165) is 16.9 Å². The number of nitrogen functional groups attached to an aromatic ring is 1. The summed E-state index contributed by atoms with van der Waals surface area (Å²) in [5, 5.41) is 0.512. The Hall–Kier alpha value is -2.61. The summed E-state index contributed by atoms with van der Waals surface area (Å²) in [5.74, 6) is -1.37. The maximum atomic E-state index is 11.6. The number of rotatable bonds is 5. The maximum Gasteiger partial charge on any atom is 0.260 e. The summed E-state index contributed by atoms with van der Waals surface area (Å²) in [4.78, 5) is 28.9. The first kappa shape index (κ1) is 14.8. The summed E-state index contributed by atoms with van der Waals surface area (Å²) in [5.41, 5.74) is 17.5. The highest BCUT2D eigenvalue weighted by Gasteiger charge is 2.25. The lowest BCUT2D eigenvalue weighted by atomic mass is 10.2. The average Bonchev–Trinajstić information content (AvgIpc) is 2.78. The molecule has 7 nitrogen and oxygen atoms in total. The Morgan fingerprint density at radius 1 is 1.33 bits per heavy atom. The average molecular weight is 305 g/mol. The molecule has 2 aromatic rings. The molecule has 0 aliphatic heterocycles. The minimum absolute atomic E-state index is 0.0352. The van der Waals surface area contributed by atoms with Gasteiger partial charge in [-0.1, -0.05) is 6.07 Å². The number of carbonyl (C=O) groups is 2. The third kappa shape index (κ3) is 2.95. The summed E-state index contributed by atoms with van der Waals surface area (Å²) >= 11 is 1.06. The Balaban J connectivity index is 2.40. The van der Waals surface area contributed by atoms with Crippen molar-refractivity contribution in [2.24, 2.45) is 11.5 Å². The number of amides is 2. The lowest BCUT2D eigenvalue weighted by molar-refractivity contribution is 0.0999. The van der Waals surface area contributed by atoms with Gasteiger partial charge >= 0.3 is 0 Å². The number of nitrogens with two attached hydrogens (primary N) is 3. The summed E-state index contributed by atoms with van der Waals surface area (Å²) in [6, 6.07) is 3.72. The number of thiophene rings is 1. The molecule has 2 heterocycles. The SMILES string of the molecule is CN(Cc1cccnc1)c1sc(C(N)=O)c(N)c1C(N)=O. The van der Waals surface area contributed by atoms with Crippen molar-refractivity contribution in [2.75, 3.05) is 17.7 Å². The molecule has 0 aliphatic carbocycles. The molecule has 0 radical (unpaired) electrons. The Labute approximate surface area is 125 Å². The first-order chi connectivity index (χ1) is 9.91. The van der Waals surface area contributed by atoms with Crippen molar-refractivity contribution >= 4 is 33.8 Å². The van der Waals surface area contributed by atoms with Crippen LogP contribution in [-0.4, -0.2) is 23.8 Å². The molecule has 0 atom stereocenters. The van der Waals surface area contributed by atoms with Crippen molar-refractivity contribution in [3.05, 3.63) is 40.5 Å². The Bertz CT molecular complexity index is 683. The van der Waals surface area contributed by atoms with Crippen LogP contribution in [0.25, 0.3) is 0 Å². The van der Waals surface area contributed by atoms with Crippen molar-refractivity contribution in [3.63, 3.8) is 0 Å². The van der Waals surface area contributed by atoms with Gasteiger partial charge in [-0.25, -0.2) is 0 Å². The Morgan fingerprint density at radius 3 is 2.57 bits per heavy atom. The lowest BCUT2D eigenvalue weighted by Gasteiger charge is -2.18. The second-order valence-corrected chi connectivity index (χ2v) is 5.47. The highest BCUT2D eigenvalue weighted by Crippen LogP contribution is 2.37. The minimum atomic E-state index is -0.690. The van der Waals surface area contributed by atoms with Gasteiger partial charge < -0.3 is 22.1 Å². The standard InChI is InChI=1S/C13H15N5O2S/c1-18(6-7-3-2-4-17-5-7)13-8(11(15)19)9(14)10(21-13)12(16)20/h2-5H,6,14H2,1H3,(H2,15,19)(H2,16,20). The van der Waals surface area contributed by atoms with Crippen molar-refractivity contribution in [2.45, 2.75) is 6.54 Å². The van der Waals surface area contributed by atoms with Crippen LogP contribution in [0.5, 0.6) is 0 Å². The number of primary amides is 2. The fraction of sp³-hybridized carbons (Fsp3) is 0.154. The van der Waals surface area contributed by atoms with Crippen molar-refractivity contribution in [1.29, 1.82) is 0 Å². The van der Waals surface area contributed by atoms with Gasteiger partial charge in [0.15, 0.2) is 0 Å². The fourth-order valence-corrected chi connectivity index (χ4v) is 3.00. The van der Waals surface area contributed by atoms with Gasteiger partial charge in [0.25, 0.3) is 11.8 Å². The molecule has 0 aliphatic rings. The monoisotopic (exact) mass is 305 g/mol. The molecule has 0 saturated carbocycles. The number of hydrogen-bond acceptors (Lipinski definition) is 6. The molecule has 6 N–H and O–H groups in total. The molecule has 0 unspecified atom stereocenters. The van der Waals surface area contributed by atoms with Crippen LogP contribution in [0, 0.1) is 0 Å². The number of aromatic nitrogens is 1. The van der Waals surface area contributed by atoms with Crippen LogP contribution in [0.3, 0.4) is 0 Å². The lowest BCUT2D eigenvalue weighted by Crippen LogP contribution is -2.21. The molecule has 110 valence electrons. The van der Waals surface area contributed by atoms with Crippen LogP contribution < -0.4 is 22.1 Å². The van der Waals surface area contributed by atoms with Gasteiger partial charge in [0.05, 0.1) is 11.3 Å². The zero-order valence-corrected chi connectivity index (χ0v) is 12.2. The number of hydrogen-bond donors (Lipinski definition) is 3. The molecule has 0 saturated heterocycles. The van der Waals surface area contributed by atoms with E-state index in [1.165, 1.54) is 0 Å². The summed E-state index contributed by atoms with van der Waals surface area (Å²) < 4.78 is 0. The van der Waals surface area contributed by atoms with Crippen LogP contribution in [0.4, 0.5) is 10.7 Å². The quantitative estimate of drug-likeness (QED) is 0.743. The second-order valence-electron chi connectivity index (χ2n) is 4.47. The van der Waals surface area contributed by atoms with E-state index in [2.05, 4.69) is 4.98 Å². The van der Waals surface area contributed by atoms with Crippen molar-refractivity contribution in [3.8, 4) is 0 Å². The molecule has 0 spiro atoms. The molecule has 2 aromatic heterocycles. The number of nitrogens with zero attached hydrogens (tertiary/aromatic N) is 2. The fourth-order valence-electron chi connectivity index (χ4n) is 1.96. The smallest absolute Gasteiger partial charge is 0.260 e. The molecule has 0 aromatic carbocycles. The predicted molar refractivity (Wildman–Crippen MR) is 82.1 cm³/mol. The van der Waals surface area contributed by atoms with Gasteiger partial charge in [0.1, 0.15) is 9.88 Å². The Kier molecular flexibility index (Phi) is 4.08. The van der Waals surface area contributed by atoms with Gasteiger partial charge in [-0.3, -0.25) is 14.6 Å². The highest BCUT2D eigenvalue weighted by atomic mass is 32.1. The third-order valence-electron chi connectivity index (χ3n) is 2.89. The zero-order chi connectivity index (χ0) is 15.6. The Morgan fingerprint density at radius 2 is 2.05 bits per heavy atom. The topological polar surface area (TPSA) is 128 Å². The number of carbonyl (C=O) groups excluding carboxylic acids is 2. The summed E-state index contributed by atoms with van der Waals surface area (Å²) in [6.07, 6.45) is 3.39. The number of pyridine rings is 1. The predicted octanol–water partition coefficient (Wildman–Crippen LogP) is 0.560. The second kappa shape index (κ2) is 5.80.